The van der Waals surface area contributed by atoms with E-state index in [4.69, 9.17) is 5.11 Å². The predicted octanol–water partition coefficient (Wildman–Crippen LogP) is 1.60. The zero-order valence-corrected chi connectivity index (χ0v) is 10.5. The molecule has 0 bridgehead atoms. The molecule has 4 nitrogen and oxygen atoms in total. The van der Waals surface area contributed by atoms with E-state index in [1.807, 2.05) is 12.1 Å². The quantitative estimate of drug-likeness (QED) is 0.917. The van der Waals surface area contributed by atoms with Crippen molar-refractivity contribution >= 4 is 39.1 Å². The largest absolute Gasteiger partial charge is 0.480 e. The number of rotatable bonds is 4. The number of aliphatic carboxylic acids is 1. The molecule has 0 aliphatic heterocycles. The van der Waals surface area contributed by atoms with Crippen molar-refractivity contribution < 1.29 is 14.7 Å². The van der Waals surface area contributed by atoms with Crippen molar-refractivity contribution in [3.63, 3.8) is 0 Å². The van der Waals surface area contributed by atoms with E-state index in [0.717, 1.165) is 8.66 Å². The molecule has 1 aromatic rings. The van der Waals surface area contributed by atoms with Crippen LogP contribution >= 0.6 is 27.3 Å². The van der Waals surface area contributed by atoms with E-state index in [2.05, 4.69) is 15.9 Å². The highest BCUT2D eigenvalue weighted by molar-refractivity contribution is 9.11. The van der Waals surface area contributed by atoms with Gasteiger partial charge in [0.25, 0.3) is 0 Å². The number of hydrogen-bond acceptors (Lipinski definition) is 3. The summed E-state index contributed by atoms with van der Waals surface area (Å²) in [7, 11) is 1.49. The second-order valence-electron chi connectivity index (χ2n) is 3.03. The van der Waals surface area contributed by atoms with Gasteiger partial charge < -0.3 is 10.0 Å². The number of amides is 1. The third kappa shape index (κ3) is 4.01. The van der Waals surface area contributed by atoms with Gasteiger partial charge in [-0.05, 0) is 28.1 Å². The molecule has 0 unspecified atom stereocenters. The highest BCUT2D eigenvalue weighted by atomic mass is 79.9. The molecule has 1 heterocycles. The average molecular weight is 292 g/mol. The highest BCUT2D eigenvalue weighted by Crippen LogP contribution is 2.22. The lowest BCUT2D eigenvalue weighted by Gasteiger charge is -2.13. The fourth-order valence-electron chi connectivity index (χ4n) is 1.02. The number of hydrogen-bond donors (Lipinski definition) is 1. The number of likely N-dealkylation sites (N-methyl/N-ethyl adjacent to an activating group) is 1. The number of carbonyl (C=O) groups is 2. The predicted molar refractivity (Wildman–Crippen MR) is 61.0 cm³/mol. The lowest BCUT2D eigenvalue weighted by atomic mass is 10.3. The van der Waals surface area contributed by atoms with Crippen LogP contribution in [0.3, 0.4) is 0 Å². The first-order valence-electron chi connectivity index (χ1n) is 4.19. The molecule has 0 spiro atoms. The Bertz CT molecular complexity index is 377. The van der Waals surface area contributed by atoms with Crippen molar-refractivity contribution in [1.82, 2.24) is 4.90 Å². The van der Waals surface area contributed by atoms with E-state index in [0.29, 0.717) is 0 Å². The summed E-state index contributed by atoms with van der Waals surface area (Å²) < 4.78 is 0.964. The summed E-state index contributed by atoms with van der Waals surface area (Å²) in [6.45, 7) is -0.259. The molecular weight excluding hydrogens is 282 g/mol. The maximum Gasteiger partial charge on any atom is 0.323 e. The first-order chi connectivity index (χ1) is 6.99. The van der Waals surface area contributed by atoms with E-state index < -0.39 is 5.97 Å². The molecule has 0 fully saturated rings. The van der Waals surface area contributed by atoms with Gasteiger partial charge in [0, 0.05) is 11.9 Å². The smallest absolute Gasteiger partial charge is 0.323 e. The summed E-state index contributed by atoms with van der Waals surface area (Å²) in [5.41, 5.74) is 0. The van der Waals surface area contributed by atoms with Gasteiger partial charge in [-0.2, -0.15) is 0 Å². The number of carboxylic acids is 1. The fourth-order valence-corrected chi connectivity index (χ4v) is 2.50. The van der Waals surface area contributed by atoms with E-state index in [1.54, 1.807) is 0 Å². The first-order valence-corrected chi connectivity index (χ1v) is 5.80. The zero-order valence-electron chi connectivity index (χ0n) is 8.07. The van der Waals surface area contributed by atoms with E-state index in [-0.39, 0.29) is 18.9 Å². The Morgan fingerprint density at radius 3 is 2.67 bits per heavy atom. The summed E-state index contributed by atoms with van der Waals surface area (Å²) in [4.78, 5) is 24.0. The Hall–Kier alpha value is -0.880. The number of halogens is 1. The maximum absolute atomic E-state index is 11.5. The van der Waals surface area contributed by atoms with Crippen LogP contribution in [0.2, 0.25) is 0 Å². The van der Waals surface area contributed by atoms with Crippen molar-refractivity contribution in [2.45, 2.75) is 6.42 Å². The van der Waals surface area contributed by atoms with Crippen LogP contribution in [0.25, 0.3) is 0 Å². The van der Waals surface area contributed by atoms with Gasteiger partial charge in [0.05, 0.1) is 10.2 Å². The Labute approximate surface area is 99.6 Å². The minimum Gasteiger partial charge on any atom is -0.480 e. The summed E-state index contributed by atoms with van der Waals surface area (Å²) in [5, 5.41) is 8.50. The Balaban J connectivity index is 2.52. The number of carbonyl (C=O) groups excluding carboxylic acids is 1. The fraction of sp³-hybridized carbons (Fsp3) is 0.333. The van der Waals surface area contributed by atoms with Crippen molar-refractivity contribution in [2.24, 2.45) is 0 Å². The molecule has 15 heavy (non-hydrogen) atoms. The molecule has 0 aromatic carbocycles. The highest BCUT2D eigenvalue weighted by Gasteiger charge is 2.13. The molecule has 0 aliphatic rings. The topological polar surface area (TPSA) is 57.6 Å². The van der Waals surface area contributed by atoms with Crippen LogP contribution in [0.1, 0.15) is 4.88 Å². The van der Waals surface area contributed by atoms with Gasteiger partial charge in [-0.25, -0.2) is 0 Å². The van der Waals surface area contributed by atoms with Crippen molar-refractivity contribution in [1.29, 1.82) is 0 Å². The van der Waals surface area contributed by atoms with Crippen LogP contribution in [0.15, 0.2) is 15.9 Å². The molecule has 1 rings (SSSR count). The summed E-state index contributed by atoms with van der Waals surface area (Å²) >= 11 is 4.77. The molecule has 6 heteroatoms. The Morgan fingerprint density at radius 1 is 1.53 bits per heavy atom. The third-order valence-corrected chi connectivity index (χ3v) is 3.38. The minimum atomic E-state index is -1.00. The summed E-state index contributed by atoms with van der Waals surface area (Å²) in [5.74, 6) is -1.19. The van der Waals surface area contributed by atoms with Crippen LogP contribution < -0.4 is 0 Å². The molecule has 0 saturated carbocycles. The van der Waals surface area contributed by atoms with Gasteiger partial charge in [0.2, 0.25) is 5.91 Å². The molecule has 82 valence electrons. The van der Waals surface area contributed by atoms with Crippen molar-refractivity contribution in [2.75, 3.05) is 13.6 Å². The lowest BCUT2D eigenvalue weighted by Crippen LogP contribution is -2.32. The molecule has 0 radical (unpaired) electrons. The van der Waals surface area contributed by atoms with Crippen molar-refractivity contribution in [3.8, 4) is 0 Å². The van der Waals surface area contributed by atoms with Crippen LogP contribution in [0.4, 0.5) is 0 Å². The van der Waals surface area contributed by atoms with Gasteiger partial charge in [0.15, 0.2) is 0 Å². The normalized spacial score (nSPS) is 10.0. The summed E-state index contributed by atoms with van der Waals surface area (Å²) in [6.07, 6.45) is 0.250. The summed E-state index contributed by atoms with van der Waals surface area (Å²) in [6, 6.07) is 3.71. The molecular formula is C9H10BrNO3S. The first kappa shape index (κ1) is 12.2. The second kappa shape index (κ2) is 5.27. The monoisotopic (exact) mass is 291 g/mol. The van der Waals surface area contributed by atoms with Crippen molar-refractivity contribution in [3.05, 3.63) is 20.8 Å². The average Bonchev–Trinajstić information content (AvgIpc) is 2.50. The van der Waals surface area contributed by atoms with E-state index >= 15 is 0 Å². The van der Waals surface area contributed by atoms with Crippen LogP contribution in [0, 0.1) is 0 Å². The van der Waals surface area contributed by atoms with Gasteiger partial charge in [-0.15, -0.1) is 11.3 Å². The lowest BCUT2D eigenvalue weighted by molar-refractivity contribution is -0.143. The molecule has 1 amide bonds. The number of thiophene rings is 1. The standard InChI is InChI=1S/C9H10BrNO3S/c1-11(5-9(13)14)8(12)4-6-2-3-7(10)15-6/h2-3H,4-5H2,1H3,(H,13,14). The van der Waals surface area contributed by atoms with Crippen LogP contribution in [0.5, 0.6) is 0 Å². The Morgan fingerprint density at radius 2 is 2.20 bits per heavy atom. The van der Waals surface area contributed by atoms with E-state index in [9.17, 15) is 9.59 Å². The van der Waals surface area contributed by atoms with Crippen LogP contribution in [-0.2, 0) is 16.0 Å². The maximum atomic E-state index is 11.5. The van der Waals surface area contributed by atoms with Gasteiger partial charge in [-0.1, -0.05) is 0 Å². The molecule has 1 aromatic heterocycles. The molecule has 0 atom stereocenters. The molecule has 0 saturated heterocycles. The SMILES string of the molecule is CN(CC(=O)O)C(=O)Cc1ccc(Br)s1. The number of carboxylic acid groups (broad SMARTS) is 1. The third-order valence-electron chi connectivity index (χ3n) is 1.75. The number of nitrogens with zero attached hydrogens (tertiary/aromatic N) is 1. The van der Waals surface area contributed by atoms with Gasteiger partial charge >= 0.3 is 5.97 Å². The minimum absolute atomic E-state index is 0.188. The van der Waals surface area contributed by atoms with E-state index in [1.165, 1.54) is 23.3 Å². The Kier molecular flexibility index (Phi) is 4.28. The van der Waals surface area contributed by atoms with Gasteiger partial charge in [0.1, 0.15) is 6.54 Å². The van der Waals surface area contributed by atoms with Crippen LogP contribution in [-0.4, -0.2) is 35.5 Å². The molecule has 1 N–H and O–H groups in total. The van der Waals surface area contributed by atoms with Gasteiger partial charge in [-0.3, -0.25) is 9.59 Å². The zero-order chi connectivity index (χ0) is 11.4. The second-order valence-corrected chi connectivity index (χ2v) is 5.57. The molecule has 0 aliphatic carbocycles.